The summed E-state index contributed by atoms with van der Waals surface area (Å²) in [5.74, 6) is -0.817. The summed E-state index contributed by atoms with van der Waals surface area (Å²) in [5.41, 5.74) is 1.87. The van der Waals surface area contributed by atoms with Gasteiger partial charge in [-0.1, -0.05) is 41.9 Å². The second kappa shape index (κ2) is 10.8. The van der Waals surface area contributed by atoms with Crippen molar-refractivity contribution in [2.75, 3.05) is 17.1 Å². The summed E-state index contributed by atoms with van der Waals surface area (Å²) in [6, 6.07) is 13.0. The summed E-state index contributed by atoms with van der Waals surface area (Å²) in [5, 5.41) is 3.31. The number of halogens is 1. The molecule has 0 aliphatic rings. The molecule has 9 heteroatoms. The number of rotatable bonds is 9. The second-order valence-corrected chi connectivity index (χ2v) is 10.4. The first kappa shape index (κ1) is 25.7. The molecule has 32 heavy (non-hydrogen) atoms. The first-order valence-electron chi connectivity index (χ1n) is 10.3. The van der Waals surface area contributed by atoms with E-state index < -0.39 is 28.5 Å². The van der Waals surface area contributed by atoms with Crippen LogP contribution in [0.5, 0.6) is 0 Å². The van der Waals surface area contributed by atoms with Crippen molar-refractivity contribution in [3.8, 4) is 0 Å². The van der Waals surface area contributed by atoms with Gasteiger partial charge in [0.2, 0.25) is 21.8 Å². The van der Waals surface area contributed by atoms with Gasteiger partial charge >= 0.3 is 0 Å². The SMILES string of the molecule is Cc1ccccc1N(CC(=O)N(Cc1cccc(Cl)c1)[C@H](C)C(=O)NC(C)C)S(C)(=O)=O. The Morgan fingerprint density at radius 3 is 2.28 bits per heavy atom. The number of hydrogen-bond donors (Lipinski definition) is 1. The molecule has 0 aliphatic heterocycles. The summed E-state index contributed by atoms with van der Waals surface area (Å²) < 4.78 is 26.2. The minimum atomic E-state index is -3.75. The molecule has 0 saturated heterocycles. The van der Waals surface area contributed by atoms with E-state index in [-0.39, 0.29) is 18.5 Å². The van der Waals surface area contributed by atoms with E-state index in [9.17, 15) is 18.0 Å². The number of benzene rings is 2. The van der Waals surface area contributed by atoms with Crippen molar-refractivity contribution < 1.29 is 18.0 Å². The van der Waals surface area contributed by atoms with Gasteiger partial charge in [-0.2, -0.15) is 0 Å². The number of sulfonamides is 1. The topological polar surface area (TPSA) is 86.8 Å². The molecule has 7 nitrogen and oxygen atoms in total. The molecule has 2 aromatic rings. The highest BCUT2D eigenvalue weighted by molar-refractivity contribution is 7.92. The van der Waals surface area contributed by atoms with Crippen LogP contribution in [0.25, 0.3) is 0 Å². The highest BCUT2D eigenvalue weighted by Gasteiger charge is 2.30. The fourth-order valence-electron chi connectivity index (χ4n) is 3.26. The molecule has 0 heterocycles. The monoisotopic (exact) mass is 479 g/mol. The Balaban J connectivity index is 2.40. The largest absolute Gasteiger partial charge is 0.352 e. The van der Waals surface area contributed by atoms with Gasteiger partial charge in [0.15, 0.2) is 0 Å². The Hall–Kier alpha value is -2.58. The van der Waals surface area contributed by atoms with Gasteiger partial charge in [0.1, 0.15) is 12.6 Å². The average Bonchev–Trinajstić information content (AvgIpc) is 2.69. The zero-order valence-corrected chi connectivity index (χ0v) is 20.6. The van der Waals surface area contributed by atoms with Gasteiger partial charge in [-0.25, -0.2) is 8.42 Å². The maximum Gasteiger partial charge on any atom is 0.244 e. The molecule has 0 fully saturated rings. The van der Waals surface area contributed by atoms with Gasteiger partial charge in [-0.15, -0.1) is 0 Å². The molecule has 0 bridgehead atoms. The summed E-state index contributed by atoms with van der Waals surface area (Å²) in [4.78, 5) is 27.5. The van der Waals surface area contributed by atoms with Gasteiger partial charge in [0.05, 0.1) is 11.9 Å². The van der Waals surface area contributed by atoms with Gasteiger partial charge in [-0.3, -0.25) is 13.9 Å². The molecule has 0 radical (unpaired) electrons. The minimum Gasteiger partial charge on any atom is -0.352 e. The van der Waals surface area contributed by atoms with E-state index in [0.29, 0.717) is 10.7 Å². The molecular weight excluding hydrogens is 450 g/mol. The standard InChI is InChI=1S/C23H30ClN3O4S/c1-16(2)25-23(29)18(4)26(14-19-10-8-11-20(24)13-19)22(28)15-27(32(5,30)31)21-12-7-6-9-17(21)3/h6-13,16,18H,14-15H2,1-5H3,(H,25,29)/t18-/m1/s1. The first-order valence-corrected chi connectivity index (χ1v) is 12.5. The summed E-state index contributed by atoms with van der Waals surface area (Å²) in [6.45, 7) is 6.74. The van der Waals surface area contributed by atoms with E-state index in [1.54, 1.807) is 62.4 Å². The van der Waals surface area contributed by atoms with Crippen LogP contribution in [0, 0.1) is 6.92 Å². The highest BCUT2D eigenvalue weighted by atomic mass is 35.5. The van der Waals surface area contributed by atoms with Crippen molar-refractivity contribution in [1.82, 2.24) is 10.2 Å². The summed E-state index contributed by atoms with van der Waals surface area (Å²) in [6.07, 6.45) is 1.06. The molecule has 0 saturated carbocycles. The summed E-state index contributed by atoms with van der Waals surface area (Å²) >= 11 is 6.09. The van der Waals surface area contributed by atoms with Crippen molar-refractivity contribution >= 4 is 39.1 Å². The normalized spacial score (nSPS) is 12.3. The first-order chi connectivity index (χ1) is 14.9. The smallest absolute Gasteiger partial charge is 0.244 e. The molecule has 2 aromatic carbocycles. The van der Waals surface area contributed by atoms with E-state index in [4.69, 9.17) is 11.6 Å². The van der Waals surface area contributed by atoms with Crippen LogP contribution < -0.4 is 9.62 Å². The number of nitrogens with zero attached hydrogens (tertiary/aromatic N) is 2. The van der Waals surface area contributed by atoms with Crippen LogP contribution in [0.2, 0.25) is 5.02 Å². The molecular formula is C23H30ClN3O4S. The van der Waals surface area contributed by atoms with Crippen LogP contribution in [-0.4, -0.2) is 50.0 Å². The molecule has 0 unspecified atom stereocenters. The van der Waals surface area contributed by atoms with Crippen LogP contribution >= 0.6 is 11.6 Å². The van der Waals surface area contributed by atoms with Crippen LogP contribution in [0.15, 0.2) is 48.5 Å². The van der Waals surface area contributed by atoms with Gasteiger partial charge in [0.25, 0.3) is 0 Å². The maximum absolute atomic E-state index is 13.4. The van der Waals surface area contributed by atoms with Crippen LogP contribution in [-0.2, 0) is 26.2 Å². The number of anilines is 1. The second-order valence-electron chi connectivity index (χ2n) is 8.05. The number of carbonyl (C=O) groups is 2. The lowest BCUT2D eigenvalue weighted by Gasteiger charge is -2.32. The molecule has 174 valence electrons. The third-order valence-corrected chi connectivity index (χ3v) is 6.27. The fourth-order valence-corrected chi connectivity index (χ4v) is 4.38. The number of aryl methyl sites for hydroxylation is 1. The zero-order valence-electron chi connectivity index (χ0n) is 19.0. The Morgan fingerprint density at radius 2 is 1.72 bits per heavy atom. The number of nitrogens with one attached hydrogen (secondary N) is 1. The van der Waals surface area contributed by atoms with E-state index in [2.05, 4.69) is 5.32 Å². The zero-order chi connectivity index (χ0) is 24.1. The van der Waals surface area contributed by atoms with Gasteiger partial charge < -0.3 is 10.2 Å². The Bertz CT molecular complexity index is 1070. The quantitative estimate of drug-likeness (QED) is 0.597. The lowest BCUT2D eigenvalue weighted by Crippen LogP contribution is -2.52. The predicted molar refractivity (Wildman–Crippen MR) is 128 cm³/mol. The van der Waals surface area contributed by atoms with Crippen molar-refractivity contribution in [3.05, 3.63) is 64.7 Å². The number of para-hydroxylation sites is 1. The minimum absolute atomic E-state index is 0.104. The Labute approximate surface area is 195 Å². The molecule has 2 rings (SSSR count). The predicted octanol–water partition coefficient (Wildman–Crippen LogP) is 3.36. The molecule has 0 aliphatic carbocycles. The molecule has 0 spiro atoms. The number of amides is 2. The van der Waals surface area contributed by atoms with Crippen molar-refractivity contribution in [1.29, 1.82) is 0 Å². The lowest BCUT2D eigenvalue weighted by atomic mass is 10.1. The van der Waals surface area contributed by atoms with Crippen molar-refractivity contribution in [3.63, 3.8) is 0 Å². The van der Waals surface area contributed by atoms with Crippen molar-refractivity contribution in [2.45, 2.75) is 46.3 Å². The highest BCUT2D eigenvalue weighted by Crippen LogP contribution is 2.23. The van der Waals surface area contributed by atoms with E-state index in [1.165, 1.54) is 4.90 Å². The fraction of sp³-hybridized carbons (Fsp3) is 0.391. The van der Waals surface area contributed by atoms with E-state index >= 15 is 0 Å². The average molecular weight is 480 g/mol. The third kappa shape index (κ3) is 6.97. The molecule has 1 atom stereocenters. The Kier molecular flexibility index (Phi) is 8.69. The van der Waals surface area contributed by atoms with Crippen LogP contribution in [0.4, 0.5) is 5.69 Å². The van der Waals surface area contributed by atoms with E-state index in [0.717, 1.165) is 21.7 Å². The Morgan fingerprint density at radius 1 is 1.06 bits per heavy atom. The van der Waals surface area contributed by atoms with Gasteiger partial charge in [0, 0.05) is 17.6 Å². The van der Waals surface area contributed by atoms with Gasteiger partial charge in [-0.05, 0) is 57.0 Å². The van der Waals surface area contributed by atoms with Crippen LogP contribution in [0.1, 0.15) is 31.9 Å². The van der Waals surface area contributed by atoms with E-state index in [1.807, 2.05) is 13.8 Å². The number of hydrogen-bond acceptors (Lipinski definition) is 4. The molecule has 1 N–H and O–H groups in total. The maximum atomic E-state index is 13.4. The number of carbonyl (C=O) groups excluding carboxylic acids is 2. The lowest BCUT2D eigenvalue weighted by molar-refractivity contribution is -0.139. The van der Waals surface area contributed by atoms with Crippen LogP contribution in [0.3, 0.4) is 0 Å². The molecule has 2 amide bonds. The molecule has 0 aromatic heterocycles. The third-order valence-electron chi connectivity index (χ3n) is 4.90. The van der Waals surface area contributed by atoms with Crippen molar-refractivity contribution in [2.24, 2.45) is 0 Å². The summed E-state index contributed by atoms with van der Waals surface area (Å²) in [7, 11) is -3.75.